The molecule has 2 heterocycles. The third-order valence-corrected chi connectivity index (χ3v) is 9.16. The third-order valence-electron chi connectivity index (χ3n) is 7.65. The minimum absolute atomic E-state index is 0.0143. The minimum atomic E-state index is -3.24. The average Bonchev–Trinajstić information content (AvgIpc) is 3.35. The fourth-order valence-electron chi connectivity index (χ4n) is 4.97. The first-order chi connectivity index (χ1) is 20.7. The summed E-state index contributed by atoms with van der Waals surface area (Å²) in [5.41, 5.74) is 4.89. The number of carbonyl (C=O) groups is 2. The number of rotatable bonds is 6. The van der Waals surface area contributed by atoms with E-state index in [0.29, 0.717) is 28.2 Å². The van der Waals surface area contributed by atoms with Gasteiger partial charge in [0.25, 0.3) is 17.4 Å². The maximum absolute atomic E-state index is 13.1. The van der Waals surface area contributed by atoms with Crippen LogP contribution >= 0.6 is 0 Å². The molecule has 0 spiro atoms. The highest BCUT2D eigenvalue weighted by Crippen LogP contribution is 2.29. The highest BCUT2D eigenvalue weighted by Gasteiger charge is 2.29. The molecule has 0 aliphatic carbocycles. The third kappa shape index (κ3) is 6.57. The van der Waals surface area contributed by atoms with E-state index in [-0.39, 0.29) is 46.8 Å². The molecule has 1 aliphatic rings. The van der Waals surface area contributed by atoms with Gasteiger partial charge in [0.2, 0.25) is 0 Å². The Morgan fingerprint density at radius 2 is 1.59 bits per heavy atom. The second kappa shape index (κ2) is 11.7. The van der Waals surface area contributed by atoms with Gasteiger partial charge in [-0.1, -0.05) is 45.0 Å². The van der Waals surface area contributed by atoms with E-state index in [4.69, 9.17) is 0 Å². The molecular weight excluding hydrogens is 578 g/mol. The average molecular weight is 614 g/mol. The zero-order valence-electron chi connectivity index (χ0n) is 25.3. The van der Waals surface area contributed by atoms with Crippen molar-refractivity contribution in [3.05, 3.63) is 106 Å². The SMILES string of the molecule is Cc1c(NC(=O)c2ccc(C(C)(C)C)cc2)cccc1-c1cn(C)c(=O)c(Nc2ccc(C(=O)N3CCS(=O)(=O)C3)cc2)n1. The van der Waals surface area contributed by atoms with Gasteiger partial charge in [0.1, 0.15) is 5.88 Å². The van der Waals surface area contributed by atoms with Crippen LogP contribution in [-0.4, -0.2) is 52.9 Å². The minimum Gasteiger partial charge on any atom is -0.336 e. The molecule has 1 fully saturated rings. The molecule has 4 aromatic rings. The van der Waals surface area contributed by atoms with Gasteiger partial charge >= 0.3 is 0 Å². The number of aromatic nitrogens is 2. The normalized spacial score (nSPS) is 14.3. The monoisotopic (exact) mass is 613 g/mol. The highest BCUT2D eigenvalue weighted by atomic mass is 32.2. The van der Waals surface area contributed by atoms with Crippen LogP contribution in [0.25, 0.3) is 11.3 Å². The number of hydrogen-bond donors (Lipinski definition) is 2. The molecule has 10 nitrogen and oxygen atoms in total. The first-order valence-electron chi connectivity index (χ1n) is 14.2. The Hall–Kier alpha value is -4.77. The van der Waals surface area contributed by atoms with Gasteiger partial charge in [-0.25, -0.2) is 13.4 Å². The molecule has 2 N–H and O–H groups in total. The van der Waals surface area contributed by atoms with Gasteiger partial charge in [-0.05, 0) is 65.9 Å². The highest BCUT2D eigenvalue weighted by molar-refractivity contribution is 7.91. The molecule has 0 saturated carbocycles. The predicted octanol–water partition coefficient (Wildman–Crippen LogP) is 4.88. The lowest BCUT2D eigenvalue weighted by atomic mass is 9.86. The lowest BCUT2D eigenvalue weighted by Gasteiger charge is -2.19. The predicted molar refractivity (Wildman–Crippen MR) is 172 cm³/mol. The van der Waals surface area contributed by atoms with Gasteiger partial charge < -0.3 is 20.1 Å². The summed E-state index contributed by atoms with van der Waals surface area (Å²) in [7, 11) is -1.61. The van der Waals surface area contributed by atoms with Crippen LogP contribution in [0.15, 0.2) is 77.7 Å². The second-order valence-electron chi connectivity index (χ2n) is 12.0. The topological polar surface area (TPSA) is 130 Å². The van der Waals surface area contributed by atoms with Crippen LogP contribution in [0.1, 0.15) is 52.6 Å². The number of amides is 2. The van der Waals surface area contributed by atoms with Crippen molar-refractivity contribution in [1.29, 1.82) is 0 Å². The fraction of sp³-hybridized carbons (Fsp3) is 0.273. The summed E-state index contributed by atoms with van der Waals surface area (Å²) in [6.45, 7) is 8.42. The molecule has 0 atom stereocenters. The maximum atomic E-state index is 13.1. The summed E-state index contributed by atoms with van der Waals surface area (Å²) in [5, 5.41) is 6.04. The van der Waals surface area contributed by atoms with E-state index in [9.17, 15) is 22.8 Å². The Morgan fingerprint density at radius 1 is 0.932 bits per heavy atom. The first-order valence-corrected chi connectivity index (χ1v) is 16.0. The van der Waals surface area contributed by atoms with E-state index in [1.54, 1.807) is 37.5 Å². The Kier molecular flexibility index (Phi) is 8.17. The lowest BCUT2D eigenvalue weighted by Crippen LogP contribution is -2.28. The van der Waals surface area contributed by atoms with Gasteiger partial charge in [0, 0.05) is 47.9 Å². The molecule has 0 bridgehead atoms. The second-order valence-corrected chi connectivity index (χ2v) is 14.2. The van der Waals surface area contributed by atoms with Gasteiger partial charge in [-0.3, -0.25) is 14.4 Å². The molecule has 0 radical (unpaired) electrons. The van der Waals surface area contributed by atoms with Crippen LogP contribution in [0.2, 0.25) is 0 Å². The summed E-state index contributed by atoms with van der Waals surface area (Å²) in [4.78, 5) is 44.7. The number of nitrogens with one attached hydrogen (secondary N) is 2. The van der Waals surface area contributed by atoms with Crippen LogP contribution in [0.4, 0.5) is 17.2 Å². The summed E-state index contributed by atoms with van der Waals surface area (Å²) in [6.07, 6.45) is 1.64. The lowest BCUT2D eigenvalue weighted by molar-refractivity contribution is 0.0801. The summed E-state index contributed by atoms with van der Waals surface area (Å²) >= 11 is 0. The zero-order valence-corrected chi connectivity index (χ0v) is 26.2. The summed E-state index contributed by atoms with van der Waals surface area (Å²) < 4.78 is 24.9. The van der Waals surface area contributed by atoms with Crippen molar-refractivity contribution in [3.63, 3.8) is 0 Å². The zero-order chi connectivity index (χ0) is 31.8. The Labute approximate surface area is 256 Å². The summed E-state index contributed by atoms with van der Waals surface area (Å²) in [6, 6.07) is 19.5. The van der Waals surface area contributed by atoms with Crippen molar-refractivity contribution < 1.29 is 18.0 Å². The maximum Gasteiger partial charge on any atom is 0.293 e. The molecule has 11 heteroatoms. The van der Waals surface area contributed by atoms with Crippen molar-refractivity contribution in [2.75, 3.05) is 28.8 Å². The Balaban J connectivity index is 1.36. The van der Waals surface area contributed by atoms with Crippen molar-refractivity contribution in [2.45, 2.75) is 33.1 Å². The van der Waals surface area contributed by atoms with Gasteiger partial charge in [0.15, 0.2) is 15.7 Å². The number of nitrogens with zero attached hydrogens (tertiary/aromatic N) is 3. The van der Waals surface area contributed by atoms with Crippen LogP contribution in [0.3, 0.4) is 0 Å². The van der Waals surface area contributed by atoms with Gasteiger partial charge in [0.05, 0.1) is 11.4 Å². The first kappa shape index (κ1) is 30.7. The molecule has 0 unspecified atom stereocenters. The fourth-order valence-corrected chi connectivity index (χ4v) is 6.32. The quantitative estimate of drug-likeness (QED) is 0.317. The molecule has 2 amide bonds. The molecule has 1 saturated heterocycles. The van der Waals surface area contributed by atoms with Crippen LogP contribution < -0.4 is 16.2 Å². The van der Waals surface area contributed by atoms with E-state index in [0.717, 1.165) is 16.7 Å². The van der Waals surface area contributed by atoms with Crippen molar-refractivity contribution >= 4 is 38.8 Å². The number of hydrogen-bond acceptors (Lipinski definition) is 7. The van der Waals surface area contributed by atoms with Crippen LogP contribution in [-0.2, 0) is 22.3 Å². The molecule has 1 aromatic heterocycles. The summed E-state index contributed by atoms with van der Waals surface area (Å²) in [5.74, 6) is -0.826. The van der Waals surface area contributed by atoms with Gasteiger partial charge in [-0.2, -0.15) is 0 Å². The molecule has 5 rings (SSSR count). The van der Waals surface area contributed by atoms with Crippen molar-refractivity contribution in [2.24, 2.45) is 7.05 Å². The number of benzene rings is 3. The molecular formula is C33H35N5O5S. The van der Waals surface area contributed by atoms with Crippen LogP contribution in [0.5, 0.6) is 0 Å². The van der Waals surface area contributed by atoms with Crippen molar-refractivity contribution in [3.8, 4) is 11.3 Å². The molecule has 228 valence electrons. The molecule has 44 heavy (non-hydrogen) atoms. The smallest absolute Gasteiger partial charge is 0.293 e. The van der Waals surface area contributed by atoms with Crippen molar-refractivity contribution in [1.82, 2.24) is 14.5 Å². The number of carbonyl (C=O) groups excluding carboxylic acids is 2. The number of sulfone groups is 1. The van der Waals surface area contributed by atoms with Crippen LogP contribution in [0, 0.1) is 6.92 Å². The molecule has 3 aromatic carbocycles. The van der Waals surface area contributed by atoms with Gasteiger partial charge in [-0.15, -0.1) is 0 Å². The number of anilines is 3. The van der Waals surface area contributed by atoms with E-state index in [1.807, 2.05) is 49.4 Å². The Bertz CT molecular complexity index is 1910. The standard InChI is InChI=1S/C33H35N5O5S/c1-21-26(7-6-8-27(21)36-30(39)22-9-13-24(14-10-22)33(2,3)4)28-19-37(5)32(41)29(35-28)34-25-15-11-23(12-16-25)31(40)38-17-18-44(42,43)20-38/h6-16,19H,17-18,20H2,1-5H3,(H,34,35)(H,36,39). The largest absolute Gasteiger partial charge is 0.336 e. The molecule has 1 aliphatic heterocycles. The van der Waals surface area contributed by atoms with E-state index >= 15 is 0 Å². The van der Waals surface area contributed by atoms with E-state index in [2.05, 4.69) is 36.4 Å². The number of aryl methyl sites for hydroxylation is 1. The van der Waals surface area contributed by atoms with E-state index < -0.39 is 9.84 Å². The Morgan fingerprint density at radius 3 is 2.20 bits per heavy atom. The van der Waals surface area contributed by atoms with E-state index in [1.165, 1.54) is 9.47 Å².